The van der Waals surface area contributed by atoms with Gasteiger partial charge in [-0.3, -0.25) is 4.90 Å². The molecule has 3 N–H and O–H groups in total. The summed E-state index contributed by atoms with van der Waals surface area (Å²) >= 11 is 1.66. The minimum atomic E-state index is 0.146. The number of H-pyrrole nitrogens is 1. The second-order valence-corrected chi connectivity index (χ2v) is 4.90. The van der Waals surface area contributed by atoms with Gasteiger partial charge in [-0.25, -0.2) is 9.97 Å². The molecule has 0 aliphatic rings. The van der Waals surface area contributed by atoms with Crippen molar-refractivity contribution < 1.29 is 0 Å². The van der Waals surface area contributed by atoms with Crippen LogP contribution in [0.25, 0.3) is 0 Å². The van der Waals surface area contributed by atoms with Gasteiger partial charge < -0.3 is 10.7 Å². The van der Waals surface area contributed by atoms with Gasteiger partial charge in [-0.15, -0.1) is 11.3 Å². The summed E-state index contributed by atoms with van der Waals surface area (Å²) < 4.78 is 0. The zero-order chi connectivity index (χ0) is 13.0. The van der Waals surface area contributed by atoms with Crippen LogP contribution in [0.1, 0.15) is 36.3 Å². The monoisotopic (exact) mass is 265 g/mol. The highest BCUT2D eigenvalue weighted by molar-refractivity contribution is 7.09. The first kappa shape index (κ1) is 13.2. The molecule has 0 spiro atoms. The lowest BCUT2D eigenvalue weighted by Gasteiger charge is -2.26. The van der Waals surface area contributed by atoms with Crippen LogP contribution in [-0.4, -0.2) is 32.9 Å². The van der Waals surface area contributed by atoms with Crippen molar-refractivity contribution >= 4 is 11.3 Å². The number of aromatic nitrogens is 3. The van der Waals surface area contributed by atoms with Gasteiger partial charge in [-0.2, -0.15) is 0 Å². The summed E-state index contributed by atoms with van der Waals surface area (Å²) in [7, 11) is 0. The van der Waals surface area contributed by atoms with Crippen molar-refractivity contribution in [3.05, 3.63) is 34.3 Å². The first-order valence-electron chi connectivity index (χ1n) is 6.16. The number of hydrogen-bond donors (Lipinski definition) is 2. The zero-order valence-corrected chi connectivity index (χ0v) is 11.6. The smallest absolute Gasteiger partial charge is 0.116 e. The molecule has 18 heavy (non-hydrogen) atoms. The molecule has 0 radical (unpaired) electrons. The van der Waals surface area contributed by atoms with E-state index in [4.69, 9.17) is 5.73 Å². The minimum absolute atomic E-state index is 0.146. The lowest BCUT2D eigenvalue weighted by Crippen LogP contribution is -2.29. The predicted molar refractivity (Wildman–Crippen MR) is 73.4 cm³/mol. The van der Waals surface area contributed by atoms with Crippen molar-refractivity contribution in [2.24, 2.45) is 5.73 Å². The van der Waals surface area contributed by atoms with Crippen LogP contribution in [-0.2, 0) is 6.54 Å². The van der Waals surface area contributed by atoms with Gasteiger partial charge >= 0.3 is 0 Å². The average molecular weight is 265 g/mol. The standard InChI is InChI=1S/C12H19N5S/c1-3-17(4-2)11(10-6-14-8-15-10)12-16-9(5-13)7-18-12/h6-8,11H,3-5,13H2,1-2H3,(H,14,15). The van der Waals surface area contributed by atoms with E-state index in [0.29, 0.717) is 6.54 Å². The Balaban J connectivity index is 2.35. The van der Waals surface area contributed by atoms with Gasteiger partial charge in [0.2, 0.25) is 0 Å². The van der Waals surface area contributed by atoms with Crippen LogP contribution in [0.3, 0.4) is 0 Å². The van der Waals surface area contributed by atoms with Crippen molar-refractivity contribution in [3.8, 4) is 0 Å². The van der Waals surface area contributed by atoms with E-state index in [1.165, 1.54) is 0 Å². The molecule has 0 bridgehead atoms. The lowest BCUT2D eigenvalue weighted by molar-refractivity contribution is 0.246. The molecule has 0 amide bonds. The fourth-order valence-corrected chi connectivity index (χ4v) is 3.01. The second-order valence-electron chi connectivity index (χ2n) is 4.01. The fourth-order valence-electron chi connectivity index (χ4n) is 2.03. The molecule has 2 heterocycles. The molecule has 6 heteroatoms. The largest absolute Gasteiger partial charge is 0.347 e. The van der Waals surface area contributed by atoms with E-state index >= 15 is 0 Å². The van der Waals surface area contributed by atoms with Gasteiger partial charge in [0.25, 0.3) is 0 Å². The first-order chi connectivity index (χ1) is 8.80. The highest BCUT2D eigenvalue weighted by Crippen LogP contribution is 2.29. The van der Waals surface area contributed by atoms with Gasteiger partial charge in [0, 0.05) is 18.1 Å². The van der Waals surface area contributed by atoms with Crippen LogP contribution in [0.2, 0.25) is 0 Å². The second kappa shape index (κ2) is 6.08. The third-order valence-corrected chi connectivity index (χ3v) is 3.95. The molecule has 1 unspecified atom stereocenters. The number of hydrogen-bond acceptors (Lipinski definition) is 5. The zero-order valence-electron chi connectivity index (χ0n) is 10.8. The maximum absolute atomic E-state index is 5.63. The van der Waals surface area contributed by atoms with E-state index in [1.807, 2.05) is 11.6 Å². The Labute approximate surface area is 111 Å². The Morgan fingerprint density at radius 2 is 2.22 bits per heavy atom. The average Bonchev–Trinajstić information content (AvgIpc) is 3.07. The third-order valence-electron chi connectivity index (χ3n) is 3.00. The maximum atomic E-state index is 5.63. The number of thiazole rings is 1. The maximum Gasteiger partial charge on any atom is 0.116 e. The Morgan fingerprint density at radius 1 is 1.44 bits per heavy atom. The molecule has 98 valence electrons. The highest BCUT2D eigenvalue weighted by Gasteiger charge is 2.24. The molecular formula is C12H19N5S. The molecule has 0 saturated heterocycles. The normalized spacial score (nSPS) is 13.1. The molecule has 0 saturated carbocycles. The molecule has 0 aromatic carbocycles. The van der Waals surface area contributed by atoms with E-state index in [2.05, 4.69) is 33.7 Å². The fraction of sp³-hybridized carbons (Fsp3) is 0.500. The number of aromatic amines is 1. The summed E-state index contributed by atoms with van der Waals surface area (Å²) in [4.78, 5) is 14.3. The number of imidazole rings is 1. The van der Waals surface area contributed by atoms with Gasteiger partial charge in [-0.05, 0) is 13.1 Å². The van der Waals surface area contributed by atoms with Crippen molar-refractivity contribution in [2.45, 2.75) is 26.4 Å². The SMILES string of the molecule is CCN(CC)C(c1cnc[nH]1)c1nc(CN)cs1. The van der Waals surface area contributed by atoms with Crippen molar-refractivity contribution in [3.63, 3.8) is 0 Å². The molecule has 1 atom stereocenters. The Hall–Kier alpha value is -1.24. The molecule has 2 aromatic rings. The summed E-state index contributed by atoms with van der Waals surface area (Å²) in [6.45, 7) is 6.74. The lowest BCUT2D eigenvalue weighted by atomic mass is 10.2. The Kier molecular flexibility index (Phi) is 4.46. The summed E-state index contributed by atoms with van der Waals surface area (Å²) in [5.74, 6) is 0. The number of nitrogens with zero attached hydrogens (tertiary/aromatic N) is 3. The molecule has 0 fully saturated rings. The van der Waals surface area contributed by atoms with Crippen molar-refractivity contribution in [1.29, 1.82) is 0 Å². The summed E-state index contributed by atoms with van der Waals surface area (Å²) in [6.07, 6.45) is 3.58. The molecule has 5 nitrogen and oxygen atoms in total. The van der Waals surface area contributed by atoms with Crippen molar-refractivity contribution in [2.75, 3.05) is 13.1 Å². The van der Waals surface area contributed by atoms with E-state index in [1.54, 1.807) is 17.7 Å². The molecule has 2 aromatic heterocycles. The van der Waals surface area contributed by atoms with Crippen LogP contribution in [0, 0.1) is 0 Å². The van der Waals surface area contributed by atoms with Crippen LogP contribution < -0.4 is 5.73 Å². The van der Waals surface area contributed by atoms with Gasteiger partial charge in [0.1, 0.15) is 11.0 Å². The summed E-state index contributed by atoms with van der Waals surface area (Å²) in [6, 6.07) is 0.146. The highest BCUT2D eigenvalue weighted by atomic mass is 32.1. The van der Waals surface area contributed by atoms with Gasteiger partial charge in [0.05, 0.1) is 17.7 Å². The Morgan fingerprint density at radius 3 is 2.72 bits per heavy atom. The number of rotatable bonds is 6. The van der Waals surface area contributed by atoms with E-state index in [9.17, 15) is 0 Å². The minimum Gasteiger partial charge on any atom is -0.347 e. The number of nitrogens with two attached hydrogens (primary N) is 1. The van der Waals surface area contributed by atoms with Gasteiger partial charge in [-0.1, -0.05) is 13.8 Å². The topological polar surface area (TPSA) is 70.8 Å². The van der Waals surface area contributed by atoms with E-state index < -0.39 is 0 Å². The van der Waals surface area contributed by atoms with Crippen LogP contribution in [0.15, 0.2) is 17.9 Å². The molecule has 0 aliphatic heterocycles. The van der Waals surface area contributed by atoms with E-state index in [-0.39, 0.29) is 6.04 Å². The first-order valence-corrected chi connectivity index (χ1v) is 7.04. The van der Waals surface area contributed by atoms with E-state index in [0.717, 1.165) is 29.5 Å². The number of nitrogens with one attached hydrogen (secondary N) is 1. The van der Waals surface area contributed by atoms with Gasteiger partial charge in [0.15, 0.2) is 0 Å². The van der Waals surface area contributed by atoms with Crippen LogP contribution in [0.5, 0.6) is 0 Å². The molecular weight excluding hydrogens is 246 g/mol. The van der Waals surface area contributed by atoms with Crippen LogP contribution >= 0.6 is 11.3 Å². The predicted octanol–water partition coefficient (Wildman–Crippen LogP) is 1.76. The quantitative estimate of drug-likeness (QED) is 0.835. The third kappa shape index (κ3) is 2.60. The van der Waals surface area contributed by atoms with Crippen molar-refractivity contribution in [1.82, 2.24) is 19.9 Å². The summed E-state index contributed by atoms with van der Waals surface area (Å²) in [5, 5.41) is 3.10. The Bertz CT molecular complexity index is 461. The molecule has 2 rings (SSSR count). The summed E-state index contributed by atoms with van der Waals surface area (Å²) in [5.41, 5.74) is 7.66. The van der Waals surface area contributed by atoms with Crippen LogP contribution in [0.4, 0.5) is 0 Å². The molecule has 0 aliphatic carbocycles.